The highest BCUT2D eigenvalue weighted by Gasteiger charge is 2.33. The molecule has 4 aliphatic rings. The Morgan fingerprint density at radius 3 is 0.976 bits per heavy atom. The molecule has 2 atom stereocenters. The Hall–Kier alpha value is -2.16. The largest absolute Gasteiger partial charge is 0.459 e. The van der Waals surface area contributed by atoms with Crippen molar-refractivity contribution < 1.29 is 42.9 Å². The zero-order valence-corrected chi connectivity index (χ0v) is 24.7. The Kier molecular flexibility index (Phi) is 13.2. The lowest BCUT2D eigenvalue weighted by Gasteiger charge is -2.29. The summed E-state index contributed by atoms with van der Waals surface area (Å²) >= 11 is 0. The van der Waals surface area contributed by atoms with Crippen molar-refractivity contribution in [1.82, 2.24) is 0 Å². The van der Waals surface area contributed by atoms with Gasteiger partial charge in [-0.15, -0.1) is 0 Å². The first-order valence-corrected chi connectivity index (χ1v) is 16.4. The average molecular weight is 579 g/mol. The van der Waals surface area contributed by atoms with Crippen LogP contribution in [-0.4, -0.2) is 49.7 Å². The molecule has 0 aromatic heterocycles. The molecule has 9 heteroatoms. The number of rotatable bonds is 12. The molecule has 4 aliphatic carbocycles. The van der Waals surface area contributed by atoms with E-state index in [9.17, 15) is 19.2 Å². The van der Waals surface area contributed by atoms with E-state index in [2.05, 4.69) is 0 Å². The third-order valence-electron chi connectivity index (χ3n) is 9.28. The van der Waals surface area contributed by atoms with Gasteiger partial charge in [0.1, 0.15) is 0 Å². The number of carbonyl (C=O) groups is 4. The first-order valence-electron chi connectivity index (χ1n) is 16.4. The second kappa shape index (κ2) is 17.1. The highest BCUT2D eigenvalue weighted by atomic mass is 16.8. The van der Waals surface area contributed by atoms with Crippen molar-refractivity contribution in [3.8, 4) is 0 Å². The average Bonchev–Trinajstić information content (AvgIpc) is 3.03. The fraction of sp³-hybridized carbons (Fsp3) is 0.875. The van der Waals surface area contributed by atoms with Gasteiger partial charge in [-0.1, -0.05) is 77.0 Å². The van der Waals surface area contributed by atoms with Crippen LogP contribution in [0.2, 0.25) is 0 Å². The van der Waals surface area contributed by atoms with Crippen LogP contribution in [0.5, 0.6) is 0 Å². The predicted molar refractivity (Wildman–Crippen MR) is 149 cm³/mol. The minimum atomic E-state index is -1.27. The van der Waals surface area contributed by atoms with Gasteiger partial charge in [0, 0.05) is 0 Å². The van der Waals surface area contributed by atoms with E-state index in [0.29, 0.717) is 0 Å². The van der Waals surface area contributed by atoms with Gasteiger partial charge in [0.25, 0.3) is 0 Å². The van der Waals surface area contributed by atoms with Crippen molar-refractivity contribution in [3.63, 3.8) is 0 Å². The molecule has 4 saturated carbocycles. The van der Waals surface area contributed by atoms with Crippen molar-refractivity contribution in [2.75, 3.05) is 13.2 Å². The molecular formula is C32H50O9. The van der Waals surface area contributed by atoms with E-state index in [1.165, 1.54) is 0 Å². The summed E-state index contributed by atoms with van der Waals surface area (Å²) in [6.07, 6.45) is 15.8. The molecule has 0 aromatic rings. The molecule has 0 bridgehead atoms. The van der Waals surface area contributed by atoms with Crippen LogP contribution in [0.25, 0.3) is 0 Å². The first kappa shape index (κ1) is 31.8. The van der Waals surface area contributed by atoms with Crippen LogP contribution in [0, 0.1) is 23.7 Å². The zero-order chi connectivity index (χ0) is 28.9. The summed E-state index contributed by atoms with van der Waals surface area (Å²) in [6, 6.07) is 0. The fourth-order valence-electron chi connectivity index (χ4n) is 6.71. The van der Waals surface area contributed by atoms with Gasteiger partial charge in [-0.2, -0.15) is 0 Å². The molecule has 0 aromatic carbocycles. The molecule has 0 aliphatic heterocycles. The summed E-state index contributed by atoms with van der Waals surface area (Å²) < 4.78 is 28.7. The highest BCUT2D eigenvalue weighted by Crippen LogP contribution is 2.29. The monoisotopic (exact) mass is 578 g/mol. The number of carbonyl (C=O) groups excluding carboxylic acids is 4. The molecule has 232 valence electrons. The van der Waals surface area contributed by atoms with Crippen molar-refractivity contribution in [2.24, 2.45) is 23.7 Å². The maximum atomic E-state index is 13.0. The second-order valence-electron chi connectivity index (χ2n) is 12.5. The Morgan fingerprint density at radius 2 is 0.683 bits per heavy atom. The molecule has 0 heterocycles. The van der Waals surface area contributed by atoms with Crippen molar-refractivity contribution in [2.45, 2.75) is 141 Å². The number of hydrogen-bond donors (Lipinski definition) is 0. The number of ether oxygens (including phenoxy) is 5. The lowest BCUT2D eigenvalue weighted by molar-refractivity contribution is -0.261. The van der Waals surface area contributed by atoms with Gasteiger partial charge in [-0.3, -0.25) is 23.9 Å². The van der Waals surface area contributed by atoms with Crippen molar-refractivity contribution in [3.05, 3.63) is 0 Å². The lowest BCUT2D eigenvalue weighted by Crippen LogP contribution is -2.40. The van der Waals surface area contributed by atoms with Crippen molar-refractivity contribution in [1.29, 1.82) is 0 Å². The van der Waals surface area contributed by atoms with Gasteiger partial charge in [-0.25, -0.2) is 0 Å². The Morgan fingerprint density at radius 1 is 0.415 bits per heavy atom. The molecule has 9 nitrogen and oxygen atoms in total. The number of hydrogen-bond acceptors (Lipinski definition) is 9. The maximum absolute atomic E-state index is 13.0. The fourth-order valence-corrected chi connectivity index (χ4v) is 6.71. The third-order valence-corrected chi connectivity index (χ3v) is 9.28. The lowest BCUT2D eigenvalue weighted by atomic mass is 9.89. The molecule has 0 saturated heterocycles. The molecule has 0 N–H and O–H groups in total. The number of esters is 4. The molecule has 0 radical (unpaired) electrons. The van der Waals surface area contributed by atoms with Crippen molar-refractivity contribution >= 4 is 23.9 Å². The summed E-state index contributed by atoms with van der Waals surface area (Å²) in [4.78, 5) is 51.6. The third kappa shape index (κ3) is 10.6. The van der Waals surface area contributed by atoms with Crippen LogP contribution >= 0.6 is 0 Å². The normalized spacial score (nSPS) is 23.2. The van der Waals surface area contributed by atoms with E-state index in [4.69, 9.17) is 23.7 Å². The highest BCUT2D eigenvalue weighted by molar-refractivity contribution is 5.74. The zero-order valence-electron chi connectivity index (χ0n) is 24.7. The van der Waals surface area contributed by atoms with Crippen LogP contribution in [0.15, 0.2) is 0 Å². The topological polar surface area (TPSA) is 114 Å². The van der Waals surface area contributed by atoms with Crippen LogP contribution in [-0.2, 0) is 42.9 Å². The minimum Gasteiger partial charge on any atom is -0.459 e. The quantitative estimate of drug-likeness (QED) is 0.153. The van der Waals surface area contributed by atoms with Gasteiger partial charge in [0.05, 0.1) is 23.7 Å². The van der Waals surface area contributed by atoms with Crippen LogP contribution in [0.1, 0.15) is 128 Å². The predicted octanol–water partition coefficient (Wildman–Crippen LogP) is 6.15. The molecule has 4 rings (SSSR count). The van der Waals surface area contributed by atoms with E-state index in [1.807, 2.05) is 0 Å². The molecule has 4 fully saturated rings. The maximum Gasteiger partial charge on any atom is 0.311 e. The smallest absolute Gasteiger partial charge is 0.311 e. The first-order chi connectivity index (χ1) is 20.0. The molecule has 2 unspecified atom stereocenters. The van der Waals surface area contributed by atoms with E-state index in [-0.39, 0.29) is 48.8 Å². The molecule has 0 amide bonds. The van der Waals surface area contributed by atoms with Gasteiger partial charge >= 0.3 is 23.9 Å². The van der Waals surface area contributed by atoms with Gasteiger partial charge < -0.3 is 18.9 Å². The Labute approximate surface area is 244 Å². The molecule has 0 spiro atoms. The Balaban J connectivity index is 1.41. The van der Waals surface area contributed by atoms with Crippen LogP contribution in [0.3, 0.4) is 0 Å². The van der Waals surface area contributed by atoms with Gasteiger partial charge in [-0.05, 0) is 51.4 Å². The van der Waals surface area contributed by atoms with Gasteiger partial charge in [0.2, 0.25) is 12.6 Å². The summed E-state index contributed by atoms with van der Waals surface area (Å²) in [5, 5.41) is 0. The van der Waals surface area contributed by atoms with Crippen LogP contribution in [0.4, 0.5) is 0 Å². The summed E-state index contributed by atoms with van der Waals surface area (Å²) in [6.45, 7) is -0.607. The molecule has 41 heavy (non-hydrogen) atoms. The summed E-state index contributed by atoms with van der Waals surface area (Å²) in [7, 11) is 0. The Bertz CT molecular complexity index is 766. The second-order valence-corrected chi connectivity index (χ2v) is 12.5. The van der Waals surface area contributed by atoms with E-state index >= 15 is 0 Å². The van der Waals surface area contributed by atoms with Crippen LogP contribution < -0.4 is 0 Å². The summed E-state index contributed by atoms with van der Waals surface area (Å²) in [5.74, 6) is -2.28. The van der Waals surface area contributed by atoms with E-state index in [0.717, 1.165) is 128 Å². The summed E-state index contributed by atoms with van der Waals surface area (Å²) in [5.41, 5.74) is 0. The SMILES string of the molecule is O=C(OCC(OC(=O)C1CCCCC1)OC(COC(=O)C1CCCCC1)OC(=O)C1CCCCC1)C1CCCCC1. The van der Waals surface area contributed by atoms with E-state index < -0.39 is 24.5 Å². The van der Waals surface area contributed by atoms with E-state index in [1.54, 1.807) is 0 Å². The molecular weight excluding hydrogens is 528 g/mol. The van der Waals surface area contributed by atoms with Gasteiger partial charge in [0.15, 0.2) is 13.2 Å². The minimum absolute atomic E-state index is 0.171. The standard InChI is InChI=1S/C32H50O9/c33-29(23-13-5-1-6-14-23)37-21-27(40-31(35)25-17-9-3-10-18-25)39-28(41-32(36)26-19-11-4-12-20-26)22-38-30(34)24-15-7-2-8-16-24/h23-28H,1-22H2.